The second-order valence-electron chi connectivity index (χ2n) is 4.31. The molecule has 0 saturated carbocycles. The highest BCUT2D eigenvalue weighted by Crippen LogP contribution is 2.14. The minimum Gasteiger partial charge on any atom is -0.449 e. The number of rotatable bonds is 4. The third kappa shape index (κ3) is 4.82. The van der Waals surface area contributed by atoms with Crippen LogP contribution in [0.2, 0.25) is 0 Å². The molecule has 0 fully saturated rings. The number of nitrogens with one attached hydrogen (secondary N) is 3. The van der Waals surface area contributed by atoms with Gasteiger partial charge in [0.15, 0.2) is 0 Å². The number of hydrogen-bond acceptors (Lipinski definition) is 5. The molecule has 0 aliphatic heterocycles. The van der Waals surface area contributed by atoms with E-state index in [0.717, 1.165) is 0 Å². The summed E-state index contributed by atoms with van der Waals surface area (Å²) in [6.45, 7) is 1.85. The number of hydrogen-bond donors (Lipinski definition) is 3. The Morgan fingerprint density at radius 1 is 1.09 bits per heavy atom. The van der Waals surface area contributed by atoms with E-state index in [1.165, 1.54) is 17.4 Å². The van der Waals surface area contributed by atoms with Crippen LogP contribution in [0.5, 0.6) is 0 Å². The topological polar surface area (TPSA) is 96.5 Å². The van der Waals surface area contributed by atoms with Crippen molar-refractivity contribution in [2.24, 2.45) is 0 Å². The molecule has 120 valence electrons. The fourth-order valence-corrected chi connectivity index (χ4v) is 2.30. The van der Waals surface area contributed by atoms with Crippen LogP contribution < -0.4 is 16.2 Å². The predicted molar refractivity (Wildman–Crippen MR) is 86.3 cm³/mol. The summed E-state index contributed by atoms with van der Waals surface area (Å²) in [6.07, 6.45) is -0.747. The molecule has 23 heavy (non-hydrogen) atoms. The molecule has 2 aromatic rings. The normalized spacial score (nSPS) is 9.78. The van der Waals surface area contributed by atoms with Gasteiger partial charge < -0.3 is 10.1 Å². The molecule has 3 amide bonds. The van der Waals surface area contributed by atoms with Gasteiger partial charge in [0.25, 0.3) is 11.8 Å². The first kappa shape index (κ1) is 16.5. The molecule has 0 aliphatic rings. The lowest BCUT2D eigenvalue weighted by atomic mass is 10.2. The van der Waals surface area contributed by atoms with Crippen LogP contribution in [0.4, 0.5) is 10.5 Å². The Bertz CT molecular complexity index is 701. The zero-order valence-electron chi connectivity index (χ0n) is 12.3. The largest absolute Gasteiger partial charge is 0.449 e. The summed E-state index contributed by atoms with van der Waals surface area (Å²) in [5.41, 5.74) is 5.10. The molecule has 0 saturated heterocycles. The number of anilines is 1. The van der Waals surface area contributed by atoms with Crippen LogP contribution in [0.25, 0.3) is 0 Å². The van der Waals surface area contributed by atoms with E-state index >= 15 is 0 Å². The molecule has 7 nitrogen and oxygen atoms in total. The smallest absolute Gasteiger partial charge is 0.426 e. The molecule has 1 aromatic carbocycles. The Morgan fingerprint density at radius 3 is 2.61 bits per heavy atom. The van der Waals surface area contributed by atoms with Gasteiger partial charge >= 0.3 is 6.09 Å². The molecule has 3 N–H and O–H groups in total. The number of hydrazine groups is 1. The standard InChI is InChI=1S/C15H15N3O4S/c1-2-22-15(21)18-17-13(19)10-5-3-6-11(9-10)16-14(20)12-7-4-8-23-12/h3-9H,2H2,1H3,(H,16,20)(H,17,19)(H,18,21). The second-order valence-corrected chi connectivity index (χ2v) is 5.26. The van der Waals surface area contributed by atoms with Crippen molar-refractivity contribution < 1.29 is 19.1 Å². The number of thiophene rings is 1. The number of amides is 3. The fraction of sp³-hybridized carbons (Fsp3) is 0.133. The summed E-state index contributed by atoms with van der Waals surface area (Å²) in [5.74, 6) is -0.771. The van der Waals surface area contributed by atoms with Crippen LogP contribution >= 0.6 is 11.3 Å². The Labute approximate surface area is 136 Å². The molecule has 1 heterocycles. The van der Waals surface area contributed by atoms with Crippen molar-refractivity contribution in [1.29, 1.82) is 0 Å². The predicted octanol–water partition coefficient (Wildman–Crippen LogP) is 2.39. The molecule has 0 atom stereocenters. The van der Waals surface area contributed by atoms with Crippen LogP contribution in [-0.2, 0) is 4.74 Å². The molecular weight excluding hydrogens is 318 g/mol. The van der Waals surface area contributed by atoms with Crippen molar-refractivity contribution in [3.8, 4) is 0 Å². The molecule has 1 aromatic heterocycles. The van der Waals surface area contributed by atoms with E-state index in [4.69, 9.17) is 0 Å². The van der Waals surface area contributed by atoms with Gasteiger partial charge in [0.2, 0.25) is 0 Å². The average molecular weight is 333 g/mol. The van der Waals surface area contributed by atoms with E-state index in [1.54, 1.807) is 42.6 Å². The lowest BCUT2D eigenvalue weighted by Crippen LogP contribution is -2.41. The van der Waals surface area contributed by atoms with E-state index in [9.17, 15) is 14.4 Å². The van der Waals surface area contributed by atoms with Gasteiger partial charge in [-0.2, -0.15) is 0 Å². The Balaban J connectivity index is 1.97. The summed E-state index contributed by atoms with van der Waals surface area (Å²) < 4.78 is 4.63. The maximum absolute atomic E-state index is 12.0. The van der Waals surface area contributed by atoms with Gasteiger partial charge in [-0.1, -0.05) is 12.1 Å². The molecular formula is C15H15N3O4S. The van der Waals surface area contributed by atoms with E-state index in [2.05, 4.69) is 20.9 Å². The number of ether oxygens (including phenoxy) is 1. The first-order chi connectivity index (χ1) is 11.1. The number of carbonyl (C=O) groups is 3. The SMILES string of the molecule is CCOC(=O)NNC(=O)c1cccc(NC(=O)c2cccs2)c1. The van der Waals surface area contributed by atoms with E-state index in [-0.39, 0.29) is 18.1 Å². The second kappa shape index (κ2) is 7.95. The highest BCUT2D eigenvalue weighted by molar-refractivity contribution is 7.12. The average Bonchev–Trinajstić information content (AvgIpc) is 3.08. The summed E-state index contributed by atoms with van der Waals surface area (Å²) in [7, 11) is 0. The van der Waals surface area contributed by atoms with Crippen LogP contribution in [0.3, 0.4) is 0 Å². The monoisotopic (exact) mass is 333 g/mol. The summed E-state index contributed by atoms with van der Waals surface area (Å²) in [6, 6.07) is 9.85. The van der Waals surface area contributed by atoms with E-state index < -0.39 is 12.0 Å². The van der Waals surface area contributed by atoms with Crippen molar-refractivity contribution in [1.82, 2.24) is 10.9 Å². The molecule has 0 aliphatic carbocycles. The molecule has 8 heteroatoms. The van der Waals surface area contributed by atoms with Gasteiger partial charge in [-0.3, -0.25) is 15.0 Å². The maximum Gasteiger partial charge on any atom is 0.426 e. The lowest BCUT2D eigenvalue weighted by molar-refractivity contribution is 0.0912. The molecule has 0 radical (unpaired) electrons. The van der Waals surface area contributed by atoms with Gasteiger partial charge in [-0.05, 0) is 36.6 Å². The first-order valence-electron chi connectivity index (χ1n) is 6.78. The van der Waals surface area contributed by atoms with Crippen molar-refractivity contribution in [3.05, 3.63) is 52.2 Å². The third-order valence-electron chi connectivity index (χ3n) is 2.68. The molecule has 0 unspecified atom stereocenters. The van der Waals surface area contributed by atoms with Crippen LogP contribution in [0.15, 0.2) is 41.8 Å². The van der Waals surface area contributed by atoms with Gasteiger partial charge in [0.05, 0.1) is 11.5 Å². The van der Waals surface area contributed by atoms with Gasteiger partial charge in [0, 0.05) is 11.3 Å². The quantitative estimate of drug-likeness (QED) is 0.749. The first-order valence-corrected chi connectivity index (χ1v) is 7.66. The third-order valence-corrected chi connectivity index (χ3v) is 3.55. The fourth-order valence-electron chi connectivity index (χ4n) is 1.69. The summed E-state index contributed by atoms with van der Waals surface area (Å²) in [4.78, 5) is 35.6. The van der Waals surface area contributed by atoms with Crippen LogP contribution in [0.1, 0.15) is 27.0 Å². The summed E-state index contributed by atoms with van der Waals surface area (Å²) >= 11 is 1.32. The Morgan fingerprint density at radius 2 is 1.91 bits per heavy atom. The Kier molecular flexibility index (Phi) is 5.70. The molecule has 2 rings (SSSR count). The van der Waals surface area contributed by atoms with Gasteiger partial charge in [0.1, 0.15) is 0 Å². The van der Waals surface area contributed by atoms with E-state index in [0.29, 0.717) is 10.6 Å². The highest BCUT2D eigenvalue weighted by atomic mass is 32.1. The van der Waals surface area contributed by atoms with Gasteiger partial charge in [-0.25, -0.2) is 10.2 Å². The number of benzene rings is 1. The zero-order chi connectivity index (χ0) is 16.7. The lowest BCUT2D eigenvalue weighted by Gasteiger charge is -2.09. The summed E-state index contributed by atoms with van der Waals surface area (Å²) in [5, 5.41) is 4.51. The van der Waals surface area contributed by atoms with E-state index in [1.807, 2.05) is 0 Å². The van der Waals surface area contributed by atoms with Crippen molar-refractivity contribution in [2.75, 3.05) is 11.9 Å². The Hall–Kier alpha value is -2.87. The minimum atomic E-state index is -0.747. The van der Waals surface area contributed by atoms with Crippen LogP contribution in [-0.4, -0.2) is 24.5 Å². The van der Waals surface area contributed by atoms with Crippen molar-refractivity contribution in [2.45, 2.75) is 6.92 Å². The van der Waals surface area contributed by atoms with Crippen molar-refractivity contribution in [3.63, 3.8) is 0 Å². The maximum atomic E-state index is 12.0. The van der Waals surface area contributed by atoms with Gasteiger partial charge in [-0.15, -0.1) is 11.3 Å². The minimum absolute atomic E-state index is 0.200. The zero-order valence-corrected chi connectivity index (χ0v) is 13.1. The highest BCUT2D eigenvalue weighted by Gasteiger charge is 2.10. The van der Waals surface area contributed by atoms with Crippen LogP contribution in [0, 0.1) is 0 Å². The molecule has 0 spiro atoms. The number of carbonyl (C=O) groups excluding carboxylic acids is 3. The van der Waals surface area contributed by atoms with Crippen molar-refractivity contribution >= 4 is 34.9 Å². The molecule has 0 bridgehead atoms.